The molecule has 0 fully saturated rings. The Labute approximate surface area is 198 Å². The second-order valence-electron chi connectivity index (χ2n) is 7.82. The summed E-state index contributed by atoms with van der Waals surface area (Å²) in [7, 11) is 0. The van der Waals surface area contributed by atoms with Gasteiger partial charge in [0.15, 0.2) is 11.5 Å². The summed E-state index contributed by atoms with van der Waals surface area (Å²) < 4.78 is 12.1. The van der Waals surface area contributed by atoms with Gasteiger partial charge in [0.1, 0.15) is 30.5 Å². The molecule has 0 aliphatic carbocycles. The minimum Gasteiger partial charge on any atom is -0.508 e. The fourth-order valence-corrected chi connectivity index (χ4v) is 3.48. The summed E-state index contributed by atoms with van der Waals surface area (Å²) in [5, 5.41) is 29.4. The Morgan fingerprint density at radius 1 is 0.618 bits per heavy atom. The highest BCUT2D eigenvalue weighted by molar-refractivity contribution is 5.57. The summed E-state index contributed by atoms with van der Waals surface area (Å²) in [6, 6.07) is 28.0. The van der Waals surface area contributed by atoms with Gasteiger partial charge in [-0.25, -0.2) is 0 Å². The van der Waals surface area contributed by atoms with Crippen molar-refractivity contribution in [3.8, 4) is 28.7 Å². The van der Waals surface area contributed by atoms with Crippen LogP contribution in [0.1, 0.15) is 22.3 Å². The number of hydrogen-bond donors (Lipinski definition) is 3. The average Bonchev–Trinajstić information content (AvgIpc) is 2.85. The van der Waals surface area contributed by atoms with Gasteiger partial charge in [0.05, 0.1) is 0 Å². The van der Waals surface area contributed by atoms with Crippen LogP contribution in [0.3, 0.4) is 0 Å². The van der Waals surface area contributed by atoms with Crippen molar-refractivity contribution in [3.63, 3.8) is 0 Å². The lowest BCUT2D eigenvalue weighted by Gasteiger charge is -2.14. The van der Waals surface area contributed by atoms with Gasteiger partial charge >= 0.3 is 0 Å². The van der Waals surface area contributed by atoms with Crippen LogP contribution in [0, 0.1) is 0 Å². The average molecular weight is 455 g/mol. The Balaban J connectivity index is 1.51. The highest BCUT2D eigenvalue weighted by atomic mass is 16.5. The molecule has 0 bridgehead atoms. The van der Waals surface area contributed by atoms with Crippen LogP contribution in [-0.4, -0.2) is 15.3 Å². The van der Waals surface area contributed by atoms with E-state index in [-0.39, 0.29) is 17.2 Å². The fraction of sp³-hybridized carbons (Fsp3) is 0.103. The molecular weight excluding hydrogens is 428 g/mol. The van der Waals surface area contributed by atoms with E-state index in [1.165, 1.54) is 12.1 Å². The van der Waals surface area contributed by atoms with E-state index in [1.807, 2.05) is 91.0 Å². The van der Waals surface area contributed by atoms with Crippen LogP contribution < -0.4 is 9.47 Å². The van der Waals surface area contributed by atoms with Gasteiger partial charge in [0.25, 0.3) is 0 Å². The number of benzene rings is 4. The zero-order valence-electron chi connectivity index (χ0n) is 18.6. The van der Waals surface area contributed by atoms with Crippen LogP contribution in [0.25, 0.3) is 6.08 Å². The van der Waals surface area contributed by atoms with Gasteiger partial charge in [-0.2, -0.15) is 0 Å². The first-order chi connectivity index (χ1) is 16.6. The van der Waals surface area contributed by atoms with E-state index < -0.39 is 0 Å². The van der Waals surface area contributed by atoms with Crippen LogP contribution >= 0.6 is 0 Å². The Bertz CT molecular complexity index is 1230. The van der Waals surface area contributed by atoms with E-state index in [9.17, 15) is 15.3 Å². The lowest BCUT2D eigenvalue weighted by molar-refractivity contribution is 0.256. The summed E-state index contributed by atoms with van der Waals surface area (Å²) in [6.45, 7) is 0.835. The smallest absolute Gasteiger partial charge is 0.162 e. The molecule has 3 N–H and O–H groups in total. The SMILES string of the molecule is Oc1cc(O)c(C/C=C/c2ccc(OCc3ccccc3)c(OCc3ccccc3)c2)c(O)c1. The number of aromatic hydroxyl groups is 3. The largest absolute Gasteiger partial charge is 0.508 e. The predicted molar refractivity (Wildman–Crippen MR) is 132 cm³/mol. The van der Waals surface area contributed by atoms with E-state index >= 15 is 0 Å². The molecule has 0 radical (unpaired) electrons. The zero-order chi connectivity index (χ0) is 23.8. The second-order valence-corrected chi connectivity index (χ2v) is 7.82. The molecule has 172 valence electrons. The second kappa shape index (κ2) is 11.0. The number of phenolic OH excluding ortho intramolecular Hbond substituents is 3. The van der Waals surface area contributed by atoms with Gasteiger partial charge in [0, 0.05) is 17.7 Å². The number of hydrogen-bond acceptors (Lipinski definition) is 5. The molecule has 5 heteroatoms. The molecule has 0 spiro atoms. The first kappa shape index (κ1) is 22.8. The third-order valence-electron chi connectivity index (χ3n) is 5.26. The first-order valence-electron chi connectivity index (χ1n) is 11.0. The van der Waals surface area contributed by atoms with Crippen molar-refractivity contribution in [2.45, 2.75) is 19.6 Å². The van der Waals surface area contributed by atoms with Gasteiger partial charge in [-0.05, 0) is 35.2 Å². The molecule has 4 aromatic carbocycles. The molecule has 0 saturated carbocycles. The first-order valence-corrected chi connectivity index (χ1v) is 11.0. The molecule has 0 heterocycles. The Hall–Kier alpha value is -4.38. The van der Waals surface area contributed by atoms with Crippen LogP contribution in [0.15, 0.2) is 97.1 Å². The van der Waals surface area contributed by atoms with Crippen molar-refractivity contribution >= 4 is 6.08 Å². The van der Waals surface area contributed by atoms with Gasteiger partial charge < -0.3 is 24.8 Å². The Morgan fingerprint density at radius 3 is 1.76 bits per heavy atom. The summed E-state index contributed by atoms with van der Waals surface area (Å²) in [5.74, 6) is 0.773. The van der Waals surface area contributed by atoms with E-state index in [0.717, 1.165) is 16.7 Å². The normalized spacial score (nSPS) is 10.9. The molecule has 0 unspecified atom stereocenters. The fourth-order valence-electron chi connectivity index (χ4n) is 3.48. The maximum atomic E-state index is 9.99. The highest BCUT2D eigenvalue weighted by Gasteiger charge is 2.09. The van der Waals surface area contributed by atoms with E-state index in [0.29, 0.717) is 36.7 Å². The lowest BCUT2D eigenvalue weighted by Crippen LogP contribution is -2.01. The van der Waals surface area contributed by atoms with Crippen molar-refractivity contribution in [1.29, 1.82) is 0 Å². The third kappa shape index (κ3) is 6.11. The summed E-state index contributed by atoms with van der Waals surface area (Å²) in [4.78, 5) is 0. The number of phenols is 3. The van der Waals surface area contributed by atoms with Crippen molar-refractivity contribution < 1.29 is 24.8 Å². The maximum Gasteiger partial charge on any atom is 0.162 e. The Kier molecular flexibility index (Phi) is 7.35. The van der Waals surface area contributed by atoms with Gasteiger partial charge in [0.2, 0.25) is 0 Å². The minimum absolute atomic E-state index is 0.154. The van der Waals surface area contributed by atoms with Gasteiger partial charge in [-0.3, -0.25) is 0 Å². The standard InChI is InChI=1S/C29H26O5/c30-24-17-26(31)25(27(32)18-24)13-7-12-21-14-15-28(33-19-22-8-3-1-4-9-22)29(16-21)34-20-23-10-5-2-6-11-23/h1-12,14-18,30-32H,13,19-20H2/b12-7+. The zero-order valence-corrected chi connectivity index (χ0v) is 18.6. The van der Waals surface area contributed by atoms with Crippen molar-refractivity contribution in [2.24, 2.45) is 0 Å². The molecule has 34 heavy (non-hydrogen) atoms. The molecule has 0 aromatic heterocycles. The lowest BCUT2D eigenvalue weighted by atomic mass is 10.1. The molecule has 0 saturated heterocycles. The molecule has 0 atom stereocenters. The predicted octanol–water partition coefficient (Wildman–Crippen LogP) is 6.22. The van der Waals surface area contributed by atoms with Crippen LogP contribution in [-0.2, 0) is 19.6 Å². The Morgan fingerprint density at radius 2 is 1.18 bits per heavy atom. The molecule has 0 aliphatic heterocycles. The van der Waals surface area contributed by atoms with Gasteiger partial charge in [-0.1, -0.05) is 78.9 Å². The number of ether oxygens (including phenoxy) is 2. The maximum absolute atomic E-state index is 9.99. The van der Waals surface area contributed by atoms with E-state index in [2.05, 4.69) is 0 Å². The monoisotopic (exact) mass is 454 g/mol. The quantitative estimate of drug-likeness (QED) is 0.280. The molecule has 4 aromatic rings. The molecule has 4 rings (SSSR count). The minimum atomic E-state index is -0.186. The van der Waals surface area contributed by atoms with Crippen molar-refractivity contribution in [3.05, 3.63) is 119 Å². The van der Waals surface area contributed by atoms with Crippen LogP contribution in [0.4, 0.5) is 0 Å². The van der Waals surface area contributed by atoms with Gasteiger partial charge in [-0.15, -0.1) is 0 Å². The summed E-state index contributed by atoms with van der Waals surface area (Å²) >= 11 is 0. The number of rotatable bonds is 9. The van der Waals surface area contributed by atoms with E-state index in [1.54, 1.807) is 0 Å². The third-order valence-corrected chi connectivity index (χ3v) is 5.26. The molecular formula is C29H26O5. The molecule has 0 amide bonds. The van der Waals surface area contributed by atoms with Crippen LogP contribution in [0.2, 0.25) is 0 Å². The van der Waals surface area contributed by atoms with Crippen molar-refractivity contribution in [2.75, 3.05) is 0 Å². The topological polar surface area (TPSA) is 79.2 Å². The highest BCUT2D eigenvalue weighted by Crippen LogP contribution is 2.33. The number of allylic oxidation sites excluding steroid dienone is 1. The summed E-state index contributed by atoms with van der Waals surface area (Å²) in [6.07, 6.45) is 4.00. The van der Waals surface area contributed by atoms with E-state index in [4.69, 9.17) is 9.47 Å². The van der Waals surface area contributed by atoms with Crippen molar-refractivity contribution in [1.82, 2.24) is 0 Å². The van der Waals surface area contributed by atoms with Crippen LogP contribution in [0.5, 0.6) is 28.7 Å². The summed E-state index contributed by atoms with van der Waals surface area (Å²) in [5.41, 5.74) is 3.34. The molecule has 5 nitrogen and oxygen atoms in total. The molecule has 0 aliphatic rings.